The molecule has 0 spiro atoms. The second kappa shape index (κ2) is 7.49. The molecule has 0 bridgehead atoms. The Morgan fingerprint density at radius 3 is 2.60 bits per heavy atom. The Bertz CT molecular complexity index is 898. The molecule has 0 saturated heterocycles. The summed E-state index contributed by atoms with van der Waals surface area (Å²) in [4.78, 5) is 0. The summed E-state index contributed by atoms with van der Waals surface area (Å²) < 4.78 is 1.91. The zero-order valence-electron chi connectivity index (χ0n) is 14.7. The largest absolute Gasteiger partial charge is 0.332 e. The minimum Gasteiger partial charge on any atom is -0.332 e. The average molecular weight is 350 g/mol. The number of anilines is 2. The Balaban J connectivity index is 1.63. The molecule has 0 aliphatic carbocycles. The van der Waals surface area contributed by atoms with Crippen LogP contribution in [-0.4, -0.2) is 14.9 Å². The van der Waals surface area contributed by atoms with Crippen LogP contribution >= 0.6 is 12.2 Å². The smallest absolute Gasteiger partial charge is 0.175 e. The molecule has 0 aliphatic heterocycles. The lowest BCUT2D eigenvalue weighted by Crippen LogP contribution is -2.19. The fourth-order valence-corrected chi connectivity index (χ4v) is 2.94. The maximum Gasteiger partial charge on any atom is 0.175 e. The number of aromatic nitrogens is 2. The Hall–Kier alpha value is -2.66. The highest BCUT2D eigenvalue weighted by Crippen LogP contribution is 2.17. The van der Waals surface area contributed by atoms with Crippen LogP contribution in [0.4, 0.5) is 11.4 Å². The molecule has 5 heteroatoms. The molecule has 0 atom stereocenters. The van der Waals surface area contributed by atoms with Crippen LogP contribution in [0, 0.1) is 20.8 Å². The molecule has 0 unspecified atom stereocenters. The lowest BCUT2D eigenvalue weighted by atomic mass is 10.1. The van der Waals surface area contributed by atoms with Gasteiger partial charge >= 0.3 is 0 Å². The van der Waals surface area contributed by atoms with Crippen molar-refractivity contribution in [2.24, 2.45) is 0 Å². The predicted molar refractivity (Wildman–Crippen MR) is 108 cm³/mol. The second-order valence-electron chi connectivity index (χ2n) is 6.25. The zero-order valence-corrected chi connectivity index (χ0v) is 15.5. The van der Waals surface area contributed by atoms with E-state index < -0.39 is 0 Å². The van der Waals surface area contributed by atoms with Crippen LogP contribution in [0.1, 0.15) is 22.3 Å². The number of nitrogens with zero attached hydrogens (tertiary/aromatic N) is 2. The van der Waals surface area contributed by atoms with Crippen molar-refractivity contribution in [1.82, 2.24) is 9.78 Å². The summed E-state index contributed by atoms with van der Waals surface area (Å²) in [5.41, 5.74) is 6.80. The van der Waals surface area contributed by atoms with Gasteiger partial charge in [-0.05, 0) is 55.7 Å². The minimum atomic E-state index is 0.558. The first-order valence-corrected chi connectivity index (χ1v) is 8.64. The standard InChI is InChI=1S/C20H22N4S/c1-14-8-9-19(16(3)10-14)23-20(25)22-18-11-21-24(13-18)12-17-7-5-4-6-15(17)2/h4-11,13H,12H2,1-3H3,(H2,22,23,25). The summed E-state index contributed by atoms with van der Waals surface area (Å²) in [6.07, 6.45) is 3.75. The van der Waals surface area contributed by atoms with Crippen molar-refractivity contribution in [3.8, 4) is 0 Å². The predicted octanol–water partition coefficient (Wildman–Crippen LogP) is 4.67. The zero-order chi connectivity index (χ0) is 17.8. The van der Waals surface area contributed by atoms with E-state index >= 15 is 0 Å². The lowest BCUT2D eigenvalue weighted by Gasteiger charge is -2.12. The van der Waals surface area contributed by atoms with E-state index in [-0.39, 0.29) is 0 Å². The van der Waals surface area contributed by atoms with Crippen molar-refractivity contribution in [2.75, 3.05) is 10.6 Å². The van der Waals surface area contributed by atoms with Crippen LogP contribution in [0.5, 0.6) is 0 Å². The summed E-state index contributed by atoms with van der Waals surface area (Å²) in [5, 5.41) is 11.4. The van der Waals surface area contributed by atoms with Crippen molar-refractivity contribution in [2.45, 2.75) is 27.3 Å². The lowest BCUT2D eigenvalue weighted by molar-refractivity contribution is 0.684. The summed E-state index contributed by atoms with van der Waals surface area (Å²) >= 11 is 5.41. The van der Waals surface area contributed by atoms with E-state index in [0.29, 0.717) is 5.11 Å². The molecule has 0 saturated carbocycles. The number of hydrogen-bond donors (Lipinski definition) is 2. The monoisotopic (exact) mass is 350 g/mol. The van der Waals surface area contributed by atoms with Gasteiger partial charge in [-0.15, -0.1) is 0 Å². The molecule has 25 heavy (non-hydrogen) atoms. The van der Waals surface area contributed by atoms with Gasteiger partial charge in [-0.1, -0.05) is 42.0 Å². The average Bonchev–Trinajstić information content (AvgIpc) is 2.99. The Morgan fingerprint density at radius 2 is 1.84 bits per heavy atom. The molecule has 1 heterocycles. The Labute approximate surface area is 153 Å². The SMILES string of the molecule is Cc1ccc(NC(=S)Nc2cnn(Cc3ccccc3C)c2)c(C)c1. The van der Waals surface area contributed by atoms with Gasteiger partial charge in [0.05, 0.1) is 18.4 Å². The maximum absolute atomic E-state index is 5.41. The van der Waals surface area contributed by atoms with Gasteiger partial charge < -0.3 is 10.6 Å². The third-order valence-electron chi connectivity index (χ3n) is 4.11. The van der Waals surface area contributed by atoms with E-state index in [4.69, 9.17) is 12.2 Å². The molecule has 0 aliphatic rings. The molecule has 2 N–H and O–H groups in total. The van der Waals surface area contributed by atoms with E-state index in [9.17, 15) is 0 Å². The third kappa shape index (κ3) is 4.45. The van der Waals surface area contributed by atoms with Crippen molar-refractivity contribution >= 4 is 28.7 Å². The van der Waals surface area contributed by atoms with E-state index in [1.807, 2.05) is 29.1 Å². The first-order valence-electron chi connectivity index (χ1n) is 8.23. The van der Waals surface area contributed by atoms with Gasteiger partial charge in [-0.2, -0.15) is 5.10 Å². The Morgan fingerprint density at radius 1 is 1.04 bits per heavy atom. The van der Waals surface area contributed by atoms with Gasteiger partial charge in [-0.3, -0.25) is 4.68 Å². The highest BCUT2D eigenvalue weighted by molar-refractivity contribution is 7.80. The first kappa shape index (κ1) is 17.2. The summed E-state index contributed by atoms with van der Waals surface area (Å²) in [6, 6.07) is 14.6. The molecule has 0 amide bonds. The van der Waals surface area contributed by atoms with E-state index in [2.05, 4.69) is 60.8 Å². The van der Waals surface area contributed by atoms with E-state index in [1.54, 1.807) is 6.20 Å². The molecule has 4 nitrogen and oxygen atoms in total. The molecule has 3 rings (SSSR count). The van der Waals surface area contributed by atoms with Crippen LogP contribution in [0.3, 0.4) is 0 Å². The number of rotatable bonds is 4. The topological polar surface area (TPSA) is 41.9 Å². The molecule has 1 aromatic heterocycles. The van der Waals surface area contributed by atoms with Crippen LogP contribution in [0.15, 0.2) is 54.9 Å². The number of hydrogen-bond acceptors (Lipinski definition) is 2. The van der Waals surface area contributed by atoms with Gasteiger partial charge in [0.1, 0.15) is 0 Å². The van der Waals surface area contributed by atoms with Crippen molar-refractivity contribution in [3.05, 3.63) is 77.1 Å². The Kier molecular flexibility index (Phi) is 5.14. The van der Waals surface area contributed by atoms with Gasteiger partial charge in [-0.25, -0.2) is 0 Å². The molecular formula is C20H22N4S. The maximum atomic E-state index is 5.41. The summed E-state index contributed by atoms with van der Waals surface area (Å²) in [7, 11) is 0. The number of nitrogens with one attached hydrogen (secondary N) is 2. The van der Waals surface area contributed by atoms with Crippen LogP contribution in [0.2, 0.25) is 0 Å². The normalized spacial score (nSPS) is 10.5. The number of benzene rings is 2. The first-order chi connectivity index (χ1) is 12.0. The molecule has 2 aromatic carbocycles. The van der Waals surface area contributed by atoms with Gasteiger partial charge in [0.2, 0.25) is 0 Å². The van der Waals surface area contributed by atoms with Crippen molar-refractivity contribution < 1.29 is 0 Å². The quantitative estimate of drug-likeness (QED) is 0.671. The molecule has 0 fully saturated rings. The van der Waals surface area contributed by atoms with Gasteiger partial charge in [0.15, 0.2) is 5.11 Å². The molecule has 3 aromatic rings. The summed E-state index contributed by atoms with van der Waals surface area (Å²) in [6.45, 7) is 7.00. The molecule has 0 radical (unpaired) electrons. The second-order valence-corrected chi connectivity index (χ2v) is 6.66. The minimum absolute atomic E-state index is 0.558. The van der Waals surface area contributed by atoms with Crippen molar-refractivity contribution in [3.63, 3.8) is 0 Å². The molecule has 128 valence electrons. The highest BCUT2D eigenvalue weighted by Gasteiger charge is 2.05. The van der Waals surface area contributed by atoms with Crippen LogP contribution < -0.4 is 10.6 Å². The van der Waals surface area contributed by atoms with Gasteiger partial charge in [0.25, 0.3) is 0 Å². The van der Waals surface area contributed by atoms with Crippen molar-refractivity contribution in [1.29, 1.82) is 0 Å². The van der Waals surface area contributed by atoms with Crippen LogP contribution in [0.25, 0.3) is 0 Å². The van der Waals surface area contributed by atoms with Gasteiger partial charge in [0, 0.05) is 11.9 Å². The highest BCUT2D eigenvalue weighted by atomic mass is 32.1. The fraction of sp³-hybridized carbons (Fsp3) is 0.200. The third-order valence-corrected chi connectivity index (χ3v) is 4.32. The van der Waals surface area contributed by atoms with E-state index in [0.717, 1.165) is 17.9 Å². The fourth-order valence-electron chi connectivity index (χ4n) is 2.72. The summed E-state index contributed by atoms with van der Waals surface area (Å²) in [5.74, 6) is 0. The van der Waals surface area contributed by atoms with E-state index in [1.165, 1.54) is 22.3 Å². The number of aryl methyl sites for hydroxylation is 3. The van der Waals surface area contributed by atoms with Crippen LogP contribution in [-0.2, 0) is 6.54 Å². The molecular weight excluding hydrogens is 328 g/mol. The number of thiocarbonyl (C=S) groups is 1.